The summed E-state index contributed by atoms with van der Waals surface area (Å²) >= 11 is 0. The fraction of sp³-hybridized carbons (Fsp3) is 0.125. The Morgan fingerprint density at radius 1 is 1.40 bits per heavy atom. The van der Waals surface area contributed by atoms with E-state index in [4.69, 9.17) is 9.90 Å². The van der Waals surface area contributed by atoms with Gasteiger partial charge < -0.3 is 9.90 Å². The van der Waals surface area contributed by atoms with Crippen LogP contribution >= 0.6 is 0 Å². The van der Waals surface area contributed by atoms with Gasteiger partial charge in [-0.25, -0.2) is 0 Å². The number of benzene rings is 1. The van der Waals surface area contributed by atoms with Crippen LogP contribution in [0.15, 0.2) is 24.3 Å². The molecule has 0 atom stereocenters. The SMILES string of the molecule is C=O.CNN.O=[N+]([O-])c1ccc(O)cc1. The largest absolute Gasteiger partial charge is 0.508 e. The van der Waals surface area contributed by atoms with Gasteiger partial charge >= 0.3 is 0 Å². The first-order valence-corrected chi connectivity index (χ1v) is 3.71. The number of non-ortho nitro benzene ring substituents is 1. The molecule has 7 nitrogen and oxygen atoms in total. The molecule has 0 aliphatic heterocycles. The fourth-order valence-corrected chi connectivity index (χ4v) is 0.574. The van der Waals surface area contributed by atoms with Crippen LogP contribution in [-0.2, 0) is 4.79 Å². The molecule has 7 heteroatoms. The molecule has 0 heterocycles. The maximum Gasteiger partial charge on any atom is 0.269 e. The Kier molecular flexibility index (Phi) is 10.4. The number of nitrogens with one attached hydrogen (secondary N) is 1. The van der Waals surface area contributed by atoms with Crippen LogP contribution in [-0.4, -0.2) is 23.9 Å². The van der Waals surface area contributed by atoms with E-state index in [-0.39, 0.29) is 11.4 Å². The summed E-state index contributed by atoms with van der Waals surface area (Å²) in [7, 11) is 1.65. The second kappa shape index (κ2) is 10.1. The number of nitrogens with zero attached hydrogens (tertiary/aromatic N) is 1. The zero-order valence-corrected chi connectivity index (χ0v) is 8.21. The van der Waals surface area contributed by atoms with E-state index in [1.54, 1.807) is 7.05 Å². The van der Waals surface area contributed by atoms with Crippen molar-refractivity contribution < 1.29 is 14.8 Å². The van der Waals surface area contributed by atoms with Crippen molar-refractivity contribution >= 4 is 12.5 Å². The summed E-state index contributed by atoms with van der Waals surface area (Å²) in [5.41, 5.74) is 2.23. The summed E-state index contributed by atoms with van der Waals surface area (Å²) in [6.45, 7) is 2.00. The van der Waals surface area contributed by atoms with Crippen LogP contribution in [0.25, 0.3) is 0 Å². The molecule has 0 aromatic heterocycles. The normalized spacial score (nSPS) is 7.60. The molecule has 0 aliphatic carbocycles. The van der Waals surface area contributed by atoms with E-state index < -0.39 is 4.92 Å². The molecule has 0 amide bonds. The Labute approximate surface area is 86.6 Å². The highest BCUT2D eigenvalue weighted by Gasteiger charge is 2.01. The van der Waals surface area contributed by atoms with Gasteiger partial charge in [0.25, 0.3) is 5.69 Å². The van der Waals surface area contributed by atoms with Gasteiger partial charge in [0.2, 0.25) is 0 Å². The van der Waals surface area contributed by atoms with Crippen LogP contribution in [0.2, 0.25) is 0 Å². The number of hydrogen-bond donors (Lipinski definition) is 3. The number of hydrazine groups is 1. The first-order valence-electron chi connectivity index (χ1n) is 3.71. The van der Waals surface area contributed by atoms with Crippen molar-refractivity contribution in [2.45, 2.75) is 0 Å². The lowest BCUT2D eigenvalue weighted by Crippen LogP contribution is -2.13. The minimum Gasteiger partial charge on any atom is -0.508 e. The average molecular weight is 215 g/mol. The van der Waals surface area contributed by atoms with Crippen molar-refractivity contribution in [3.05, 3.63) is 34.4 Å². The Balaban J connectivity index is 0. The highest BCUT2D eigenvalue weighted by Crippen LogP contribution is 2.14. The summed E-state index contributed by atoms with van der Waals surface area (Å²) in [6.07, 6.45) is 0. The van der Waals surface area contributed by atoms with Crippen molar-refractivity contribution in [1.29, 1.82) is 0 Å². The molecule has 15 heavy (non-hydrogen) atoms. The lowest BCUT2D eigenvalue weighted by atomic mass is 10.3. The third-order valence-electron chi connectivity index (χ3n) is 1.06. The van der Waals surface area contributed by atoms with E-state index in [2.05, 4.69) is 11.3 Å². The van der Waals surface area contributed by atoms with Crippen LogP contribution in [0.4, 0.5) is 5.69 Å². The van der Waals surface area contributed by atoms with Gasteiger partial charge in [0.15, 0.2) is 0 Å². The second-order valence-corrected chi connectivity index (χ2v) is 2.06. The van der Waals surface area contributed by atoms with E-state index in [1.165, 1.54) is 24.3 Å². The number of hydrogen-bond acceptors (Lipinski definition) is 6. The van der Waals surface area contributed by atoms with Crippen molar-refractivity contribution in [3.63, 3.8) is 0 Å². The number of nitro benzene ring substituents is 1. The summed E-state index contributed by atoms with van der Waals surface area (Å²) < 4.78 is 0. The quantitative estimate of drug-likeness (QED) is 0.349. The van der Waals surface area contributed by atoms with E-state index in [0.717, 1.165) is 0 Å². The number of rotatable bonds is 1. The molecule has 1 aromatic carbocycles. The molecule has 4 N–H and O–H groups in total. The predicted octanol–water partition coefficient (Wildman–Crippen LogP) is 0.195. The maximum absolute atomic E-state index is 10.0. The molecular weight excluding hydrogens is 202 g/mol. The van der Waals surface area contributed by atoms with Gasteiger partial charge in [-0.3, -0.25) is 21.4 Å². The summed E-state index contributed by atoms with van der Waals surface area (Å²) in [5, 5.41) is 18.8. The zero-order valence-electron chi connectivity index (χ0n) is 8.21. The molecule has 0 bridgehead atoms. The summed E-state index contributed by atoms with van der Waals surface area (Å²) in [4.78, 5) is 17.5. The average Bonchev–Trinajstić information content (AvgIpc) is 2.22. The van der Waals surface area contributed by atoms with Gasteiger partial charge in [-0.15, -0.1) is 0 Å². The van der Waals surface area contributed by atoms with E-state index in [9.17, 15) is 10.1 Å². The Morgan fingerprint density at radius 3 is 2.00 bits per heavy atom. The van der Waals surface area contributed by atoms with Crippen molar-refractivity contribution in [2.75, 3.05) is 7.05 Å². The van der Waals surface area contributed by atoms with Gasteiger partial charge in [0.05, 0.1) is 4.92 Å². The lowest BCUT2D eigenvalue weighted by Gasteiger charge is -1.89. The number of phenols is 1. The van der Waals surface area contributed by atoms with Gasteiger partial charge in [-0.05, 0) is 19.2 Å². The first-order chi connectivity index (χ1) is 7.11. The van der Waals surface area contributed by atoms with Crippen LogP contribution in [0, 0.1) is 10.1 Å². The van der Waals surface area contributed by atoms with Crippen molar-refractivity contribution in [3.8, 4) is 5.75 Å². The Morgan fingerprint density at radius 2 is 1.73 bits per heavy atom. The van der Waals surface area contributed by atoms with Crippen LogP contribution in [0.5, 0.6) is 5.75 Å². The molecule has 0 radical (unpaired) electrons. The summed E-state index contributed by atoms with van der Waals surface area (Å²) in [6, 6.07) is 5.04. The monoisotopic (exact) mass is 215 g/mol. The van der Waals surface area contributed by atoms with Crippen molar-refractivity contribution in [2.24, 2.45) is 5.84 Å². The van der Waals surface area contributed by atoms with E-state index in [0.29, 0.717) is 0 Å². The highest BCUT2D eigenvalue weighted by atomic mass is 16.6. The third-order valence-corrected chi connectivity index (χ3v) is 1.06. The highest BCUT2D eigenvalue weighted by molar-refractivity contribution is 5.34. The Bertz CT molecular complexity index is 276. The molecular formula is C8H13N3O4. The molecule has 0 saturated carbocycles. The number of nitrogens with two attached hydrogens (primary N) is 1. The van der Waals surface area contributed by atoms with Gasteiger partial charge in [0.1, 0.15) is 12.5 Å². The number of carbonyl (C=O) groups is 1. The van der Waals surface area contributed by atoms with E-state index in [1.807, 2.05) is 6.79 Å². The fourth-order valence-electron chi connectivity index (χ4n) is 0.574. The van der Waals surface area contributed by atoms with E-state index >= 15 is 0 Å². The number of phenolic OH excluding ortho intramolecular Hbond substituents is 1. The van der Waals surface area contributed by atoms with Gasteiger partial charge in [-0.1, -0.05) is 0 Å². The molecule has 0 spiro atoms. The smallest absolute Gasteiger partial charge is 0.269 e. The maximum atomic E-state index is 10.0. The molecule has 0 saturated heterocycles. The minimum atomic E-state index is -0.514. The van der Waals surface area contributed by atoms with Crippen molar-refractivity contribution in [1.82, 2.24) is 5.43 Å². The molecule has 0 fully saturated rings. The standard InChI is InChI=1S/C6H5NO3.CH6N2.CH2O/c8-6-3-1-5(2-4-6)7(9)10;1-3-2;1-2/h1-4,8H;3H,2H2,1H3;1H2. The predicted molar refractivity (Wildman–Crippen MR) is 55.1 cm³/mol. The number of nitro groups is 1. The first kappa shape index (κ1) is 15.5. The molecule has 0 unspecified atom stereocenters. The second-order valence-electron chi connectivity index (χ2n) is 2.06. The molecule has 1 rings (SSSR count). The van der Waals surface area contributed by atoms with Crippen LogP contribution in [0.3, 0.4) is 0 Å². The number of aromatic hydroxyl groups is 1. The number of carbonyl (C=O) groups excluding carboxylic acids is 1. The lowest BCUT2D eigenvalue weighted by molar-refractivity contribution is -0.384. The Hall–Kier alpha value is -1.99. The van der Waals surface area contributed by atoms with Gasteiger partial charge in [0, 0.05) is 12.1 Å². The molecule has 1 aromatic rings. The topological polar surface area (TPSA) is 118 Å². The molecule has 84 valence electrons. The minimum absolute atomic E-state index is 0.0159. The zero-order chi connectivity index (χ0) is 12.3. The van der Waals surface area contributed by atoms with Crippen LogP contribution in [0.1, 0.15) is 0 Å². The van der Waals surface area contributed by atoms with Gasteiger partial charge in [-0.2, -0.15) is 0 Å². The third kappa shape index (κ3) is 8.34. The molecule has 0 aliphatic rings. The summed E-state index contributed by atoms with van der Waals surface area (Å²) in [5.74, 6) is 4.63. The van der Waals surface area contributed by atoms with Crippen LogP contribution < -0.4 is 11.3 Å².